The van der Waals surface area contributed by atoms with Crippen LogP contribution in [0.3, 0.4) is 0 Å². The summed E-state index contributed by atoms with van der Waals surface area (Å²) in [4.78, 5) is 23.6. The van der Waals surface area contributed by atoms with Crippen LogP contribution in [0, 0.1) is 5.92 Å². The Hall–Kier alpha value is -1.06. The van der Waals surface area contributed by atoms with Crippen LogP contribution in [-0.2, 0) is 9.59 Å². The maximum absolute atomic E-state index is 12.0. The fraction of sp³-hybridized carbons (Fsp3) is 0.882. The number of nitrogens with one attached hydrogen (secondary N) is 1. The van der Waals surface area contributed by atoms with Crippen LogP contribution >= 0.6 is 0 Å². The van der Waals surface area contributed by atoms with Crippen molar-refractivity contribution in [2.24, 2.45) is 5.92 Å². The van der Waals surface area contributed by atoms with Gasteiger partial charge in [-0.2, -0.15) is 0 Å². The molecule has 0 bridgehead atoms. The van der Waals surface area contributed by atoms with E-state index < -0.39 is 11.5 Å². The predicted octanol–water partition coefficient (Wildman–Crippen LogP) is 3.89. The molecule has 0 aromatic rings. The van der Waals surface area contributed by atoms with Crippen LogP contribution in [0.1, 0.15) is 84.5 Å². The summed E-state index contributed by atoms with van der Waals surface area (Å²) >= 11 is 0. The SMILES string of the molecule is CCCCCCCC(=O)NC1(C(=O)O)CCC(CC)CC1. The van der Waals surface area contributed by atoms with Crippen molar-refractivity contribution in [2.75, 3.05) is 0 Å². The normalized spacial score (nSPS) is 25.5. The molecule has 0 spiro atoms. The molecule has 1 rings (SSSR count). The first kappa shape index (κ1) is 18.0. The Balaban J connectivity index is 2.40. The van der Waals surface area contributed by atoms with Gasteiger partial charge in [0.2, 0.25) is 5.91 Å². The lowest BCUT2D eigenvalue weighted by Gasteiger charge is -2.37. The van der Waals surface area contributed by atoms with Crippen LogP contribution in [0.25, 0.3) is 0 Å². The zero-order chi connectivity index (χ0) is 15.7. The minimum Gasteiger partial charge on any atom is -0.480 e. The monoisotopic (exact) mass is 297 g/mol. The summed E-state index contributed by atoms with van der Waals surface area (Å²) in [6.07, 6.45) is 9.97. The number of carbonyl (C=O) groups is 2. The highest BCUT2D eigenvalue weighted by atomic mass is 16.4. The highest BCUT2D eigenvalue weighted by Crippen LogP contribution is 2.34. The number of aliphatic carboxylic acids is 1. The van der Waals surface area contributed by atoms with E-state index in [9.17, 15) is 14.7 Å². The van der Waals surface area contributed by atoms with Crippen molar-refractivity contribution in [2.45, 2.75) is 90.0 Å². The maximum Gasteiger partial charge on any atom is 0.329 e. The van der Waals surface area contributed by atoms with Crippen molar-refractivity contribution in [3.8, 4) is 0 Å². The Kier molecular flexibility index (Phi) is 7.76. The second kappa shape index (κ2) is 9.06. The van der Waals surface area contributed by atoms with E-state index in [-0.39, 0.29) is 5.91 Å². The van der Waals surface area contributed by atoms with Gasteiger partial charge in [-0.1, -0.05) is 46.0 Å². The third-order valence-corrected chi connectivity index (χ3v) is 4.83. The number of amides is 1. The largest absolute Gasteiger partial charge is 0.480 e. The molecule has 1 saturated carbocycles. The molecular formula is C17H31NO3. The summed E-state index contributed by atoms with van der Waals surface area (Å²) in [7, 11) is 0. The third kappa shape index (κ3) is 5.68. The maximum atomic E-state index is 12.0. The molecule has 122 valence electrons. The molecule has 0 aliphatic heterocycles. The molecular weight excluding hydrogens is 266 g/mol. The molecule has 21 heavy (non-hydrogen) atoms. The summed E-state index contributed by atoms with van der Waals surface area (Å²) < 4.78 is 0. The molecule has 0 saturated heterocycles. The molecule has 4 nitrogen and oxygen atoms in total. The van der Waals surface area contributed by atoms with E-state index in [1.165, 1.54) is 12.8 Å². The Bertz CT molecular complexity index is 333. The first-order chi connectivity index (χ1) is 10.0. The molecule has 0 aromatic heterocycles. The number of carboxylic acid groups (broad SMARTS) is 1. The first-order valence-corrected chi connectivity index (χ1v) is 8.58. The summed E-state index contributed by atoms with van der Waals surface area (Å²) in [5.41, 5.74) is -1.01. The summed E-state index contributed by atoms with van der Waals surface area (Å²) in [5.74, 6) is -0.344. The standard InChI is InChI=1S/C17H31NO3/c1-3-5-6-7-8-9-15(19)18-17(16(20)21)12-10-14(4-2)11-13-17/h14H,3-13H2,1-2H3,(H,18,19)(H,20,21). The van der Waals surface area contributed by atoms with Crippen LogP contribution in [-0.4, -0.2) is 22.5 Å². The molecule has 4 heteroatoms. The predicted molar refractivity (Wildman–Crippen MR) is 84.1 cm³/mol. The van der Waals surface area contributed by atoms with Crippen molar-refractivity contribution in [1.82, 2.24) is 5.32 Å². The molecule has 0 radical (unpaired) electrons. The van der Waals surface area contributed by atoms with Crippen molar-refractivity contribution < 1.29 is 14.7 Å². The van der Waals surface area contributed by atoms with E-state index in [1.54, 1.807) is 0 Å². The molecule has 0 aromatic carbocycles. The Morgan fingerprint density at radius 3 is 2.24 bits per heavy atom. The van der Waals surface area contributed by atoms with Gasteiger partial charge in [-0.05, 0) is 38.0 Å². The van der Waals surface area contributed by atoms with E-state index >= 15 is 0 Å². The number of hydrogen-bond donors (Lipinski definition) is 2. The summed E-state index contributed by atoms with van der Waals surface area (Å²) in [5, 5.41) is 12.4. The molecule has 1 aliphatic rings. The van der Waals surface area contributed by atoms with Gasteiger partial charge in [-0.3, -0.25) is 4.79 Å². The van der Waals surface area contributed by atoms with Crippen LogP contribution in [0.4, 0.5) is 0 Å². The van der Waals surface area contributed by atoms with Gasteiger partial charge in [-0.15, -0.1) is 0 Å². The number of hydrogen-bond acceptors (Lipinski definition) is 2. The molecule has 0 atom stereocenters. The minimum atomic E-state index is -1.01. The van der Waals surface area contributed by atoms with Gasteiger partial charge in [-0.25, -0.2) is 4.79 Å². The average Bonchev–Trinajstić information content (AvgIpc) is 2.47. The number of carboxylic acids is 1. The minimum absolute atomic E-state index is 0.0937. The highest BCUT2D eigenvalue weighted by molar-refractivity contribution is 5.87. The lowest BCUT2D eigenvalue weighted by Crippen LogP contribution is -2.56. The van der Waals surface area contributed by atoms with Crippen LogP contribution in [0.5, 0.6) is 0 Å². The van der Waals surface area contributed by atoms with Gasteiger partial charge < -0.3 is 10.4 Å². The zero-order valence-corrected chi connectivity index (χ0v) is 13.6. The smallest absolute Gasteiger partial charge is 0.329 e. The number of carbonyl (C=O) groups excluding carboxylic acids is 1. The first-order valence-electron chi connectivity index (χ1n) is 8.58. The summed E-state index contributed by atoms with van der Waals surface area (Å²) in [6, 6.07) is 0. The van der Waals surface area contributed by atoms with Crippen LogP contribution < -0.4 is 5.32 Å². The Morgan fingerprint density at radius 1 is 1.10 bits per heavy atom. The zero-order valence-electron chi connectivity index (χ0n) is 13.6. The van der Waals surface area contributed by atoms with Crippen molar-refractivity contribution in [1.29, 1.82) is 0 Å². The van der Waals surface area contributed by atoms with E-state index in [1.807, 2.05) is 0 Å². The molecule has 1 fully saturated rings. The van der Waals surface area contributed by atoms with Crippen LogP contribution in [0.15, 0.2) is 0 Å². The quantitative estimate of drug-likeness (QED) is 0.635. The average molecular weight is 297 g/mol. The lowest BCUT2D eigenvalue weighted by molar-refractivity contribution is -0.149. The Morgan fingerprint density at radius 2 is 1.71 bits per heavy atom. The summed E-state index contributed by atoms with van der Waals surface area (Å²) in [6.45, 7) is 4.31. The van der Waals surface area contributed by atoms with Crippen molar-refractivity contribution in [3.05, 3.63) is 0 Å². The molecule has 2 N–H and O–H groups in total. The lowest BCUT2D eigenvalue weighted by atomic mass is 9.75. The molecule has 0 unspecified atom stereocenters. The van der Waals surface area contributed by atoms with Crippen molar-refractivity contribution >= 4 is 11.9 Å². The van der Waals surface area contributed by atoms with Gasteiger partial charge in [0, 0.05) is 6.42 Å². The number of unbranched alkanes of at least 4 members (excludes halogenated alkanes) is 4. The van der Waals surface area contributed by atoms with Gasteiger partial charge in [0.05, 0.1) is 0 Å². The van der Waals surface area contributed by atoms with Gasteiger partial charge >= 0.3 is 5.97 Å². The molecule has 1 aliphatic carbocycles. The van der Waals surface area contributed by atoms with E-state index in [4.69, 9.17) is 0 Å². The second-order valence-electron chi connectivity index (χ2n) is 6.45. The van der Waals surface area contributed by atoms with E-state index in [0.29, 0.717) is 25.2 Å². The number of rotatable bonds is 9. The third-order valence-electron chi connectivity index (χ3n) is 4.83. The van der Waals surface area contributed by atoms with Gasteiger partial charge in [0.1, 0.15) is 5.54 Å². The second-order valence-corrected chi connectivity index (χ2v) is 6.45. The van der Waals surface area contributed by atoms with Gasteiger partial charge in [0.25, 0.3) is 0 Å². The fourth-order valence-electron chi connectivity index (χ4n) is 3.19. The fourth-order valence-corrected chi connectivity index (χ4v) is 3.19. The van der Waals surface area contributed by atoms with Crippen LogP contribution in [0.2, 0.25) is 0 Å². The highest BCUT2D eigenvalue weighted by Gasteiger charge is 2.42. The topological polar surface area (TPSA) is 66.4 Å². The molecule has 1 amide bonds. The Labute approximate surface area is 128 Å². The van der Waals surface area contributed by atoms with Crippen molar-refractivity contribution in [3.63, 3.8) is 0 Å². The van der Waals surface area contributed by atoms with Gasteiger partial charge in [0.15, 0.2) is 0 Å². The van der Waals surface area contributed by atoms with E-state index in [0.717, 1.165) is 38.5 Å². The van der Waals surface area contributed by atoms with E-state index in [2.05, 4.69) is 19.2 Å². The molecule has 0 heterocycles.